The average molecular weight is 286 g/mol. The highest BCUT2D eigenvalue weighted by Gasteiger charge is 2.13. The van der Waals surface area contributed by atoms with Gasteiger partial charge in [0.05, 0.1) is 26.8 Å². The second-order valence-electron chi connectivity index (χ2n) is 5.52. The molecule has 21 heavy (non-hydrogen) atoms. The predicted molar refractivity (Wildman–Crippen MR) is 85.2 cm³/mol. The van der Waals surface area contributed by atoms with Gasteiger partial charge in [-0.3, -0.25) is 9.91 Å². The molecule has 0 fully saturated rings. The zero-order valence-electron chi connectivity index (χ0n) is 12.5. The lowest BCUT2D eigenvalue weighted by Gasteiger charge is -2.23. The van der Waals surface area contributed by atoms with Gasteiger partial charge in [0, 0.05) is 6.07 Å². The molecule has 0 aliphatic carbocycles. The number of carbonyl (C=O) groups excluding carboxylic acids is 1. The first-order valence-corrected chi connectivity index (χ1v) is 6.66. The summed E-state index contributed by atoms with van der Waals surface area (Å²) in [5.74, 6) is 0.507. The van der Waals surface area contributed by atoms with Crippen LogP contribution in [0.1, 0.15) is 0 Å². The maximum absolute atomic E-state index is 11.7. The van der Waals surface area contributed by atoms with Gasteiger partial charge < -0.3 is 4.74 Å². The normalized spacial score (nSPS) is 10.8. The summed E-state index contributed by atoms with van der Waals surface area (Å²) in [5.41, 5.74) is 7.11. The average Bonchev–Trinajstić information content (AvgIpc) is 2.46. The molecule has 2 aromatic rings. The standard InChI is InChI=1S/C16H19N3O2/c1-19(2,3)14-10-7-11-15(12-14)21-16(20)18-17-13-8-5-4-6-9-13/h4-12,17H,1-3H3/p+1. The molecule has 110 valence electrons. The monoisotopic (exact) mass is 286 g/mol. The lowest BCUT2D eigenvalue weighted by molar-refractivity contribution is 0.202. The van der Waals surface area contributed by atoms with Crippen LogP contribution in [0.15, 0.2) is 54.6 Å². The Morgan fingerprint density at radius 3 is 2.38 bits per heavy atom. The van der Waals surface area contributed by atoms with Crippen LogP contribution < -0.4 is 20.1 Å². The molecule has 0 aromatic heterocycles. The Labute approximate surface area is 124 Å². The molecule has 1 amide bonds. The van der Waals surface area contributed by atoms with E-state index in [1.54, 1.807) is 6.07 Å². The molecule has 5 nitrogen and oxygen atoms in total. The molecule has 2 aromatic carbocycles. The van der Waals surface area contributed by atoms with Gasteiger partial charge in [0.1, 0.15) is 11.4 Å². The molecule has 0 saturated carbocycles. The number of hydrazine groups is 1. The van der Waals surface area contributed by atoms with Crippen LogP contribution in [0.2, 0.25) is 0 Å². The highest BCUT2D eigenvalue weighted by atomic mass is 16.6. The Morgan fingerprint density at radius 2 is 1.71 bits per heavy atom. The topological polar surface area (TPSA) is 50.4 Å². The number of ether oxygens (including phenoxy) is 1. The van der Waals surface area contributed by atoms with Crippen LogP contribution >= 0.6 is 0 Å². The molecular weight excluding hydrogens is 266 g/mol. The van der Waals surface area contributed by atoms with E-state index in [1.165, 1.54) is 0 Å². The smallest absolute Gasteiger partial charge is 0.409 e. The minimum Gasteiger partial charge on any atom is -0.409 e. The summed E-state index contributed by atoms with van der Waals surface area (Å²) in [4.78, 5) is 11.7. The zero-order valence-corrected chi connectivity index (χ0v) is 12.5. The third-order valence-electron chi connectivity index (χ3n) is 2.89. The second-order valence-corrected chi connectivity index (χ2v) is 5.52. The second kappa shape index (κ2) is 6.28. The number of amides is 1. The van der Waals surface area contributed by atoms with Crippen LogP contribution in [-0.4, -0.2) is 27.2 Å². The summed E-state index contributed by atoms with van der Waals surface area (Å²) < 4.78 is 5.90. The molecule has 2 N–H and O–H groups in total. The Morgan fingerprint density at radius 1 is 1.00 bits per heavy atom. The number of quaternary nitrogens is 1. The SMILES string of the molecule is C[N+](C)(C)c1cccc(OC(=O)NNc2ccccc2)c1. The van der Waals surface area contributed by atoms with E-state index in [0.29, 0.717) is 10.2 Å². The molecule has 0 spiro atoms. The fraction of sp³-hybridized carbons (Fsp3) is 0.188. The number of benzene rings is 2. The molecule has 0 saturated heterocycles. The first-order valence-electron chi connectivity index (χ1n) is 6.66. The van der Waals surface area contributed by atoms with Crippen molar-refractivity contribution in [2.75, 3.05) is 26.6 Å². The van der Waals surface area contributed by atoms with Crippen LogP contribution in [0.4, 0.5) is 16.2 Å². The van der Waals surface area contributed by atoms with Gasteiger partial charge in [0.15, 0.2) is 0 Å². The Bertz CT molecular complexity index is 606. The maximum Gasteiger partial charge on any atom is 0.431 e. The van der Waals surface area contributed by atoms with Gasteiger partial charge in [0.2, 0.25) is 0 Å². The highest BCUT2D eigenvalue weighted by molar-refractivity contribution is 5.72. The van der Waals surface area contributed by atoms with Crippen LogP contribution in [0.3, 0.4) is 0 Å². The lowest BCUT2D eigenvalue weighted by atomic mass is 10.2. The number of rotatable bonds is 4. The molecule has 0 unspecified atom stereocenters. The number of nitrogens with one attached hydrogen (secondary N) is 2. The quantitative estimate of drug-likeness (QED) is 0.671. The molecule has 2 rings (SSSR count). The molecule has 0 aliphatic rings. The summed E-state index contributed by atoms with van der Waals surface area (Å²) in [7, 11) is 6.16. The van der Waals surface area contributed by atoms with Crippen molar-refractivity contribution >= 4 is 17.5 Å². The Hall–Kier alpha value is -2.53. The van der Waals surface area contributed by atoms with Crippen molar-refractivity contribution in [2.24, 2.45) is 0 Å². The number of para-hydroxylation sites is 1. The molecular formula is C16H20N3O2+. The maximum atomic E-state index is 11.7. The lowest BCUT2D eigenvalue weighted by Crippen LogP contribution is -2.35. The summed E-state index contributed by atoms with van der Waals surface area (Å²) in [6.45, 7) is 0. The van der Waals surface area contributed by atoms with Gasteiger partial charge in [-0.2, -0.15) is 0 Å². The van der Waals surface area contributed by atoms with Gasteiger partial charge in [-0.15, -0.1) is 0 Å². The summed E-state index contributed by atoms with van der Waals surface area (Å²) >= 11 is 0. The molecule has 0 atom stereocenters. The third-order valence-corrected chi connectivity index (χ3v) is 2.89. The predicted octanol–water partition coefficient (Wildman–Crippen LogP) is 3.00. The Kier molecular flexibility index (Phi) is 4.45. The van der Waals surface area contributed by atoms with E-state index in [4.69, 9.17) is 4.74 Å². The van der Waals surface area contributed by atoms with E-state index in [-0.39, 0.29) is 0 Å². The van der Waals surface area contributed by atoms with Crippen molar-refractivity contribution < 1.29 is 9.53 Å². The number of carbonyl (C=O) groups is 1. The number of hydrogen-bond donors (Lipinski definition) is 2. The summed E-state index contributed by atoms with van der Waals surface area (Å²) in [6.07, 6.45) is -0.558. The van der Waals surface area contributed by atoms with E-state index in [9.17, 15) is 4.79 Å². The molecule has 5 heteroatoms. The molecule has 0 heterocycles. The van der Waals surface area contributed by atoms with Crippen LogP contribution in [0, 0.1) is 0 Å². The van der Waals surface area contributed by atoms with Crippen molar-refractivity contribution in [3.05, 3.63) is 54.6 Å². The molecule has 0 bridgehead atoms. The fourth-order valence-corrected chi connectivity index (χ4v) is 1.74. The van der Waals surface area contributed by atoms with Crippen molar-refractivity contribution in [1.29, 1.82) is 0 Å². The van der Waals surface area contributed by atoms with Gasteiger partial charge in [0.25, 0.3) is 0 Å². The van der Waals surface area contributed by atoms with E-state index in [0.717, 1.165) is 11.4 Å². The highest BCUT2D eigenvalue weighted by Crippen LogP contribution is 2.22. The summed E-state index contributed by atoms with van der Waals surface area (Å²) in [6, 6.07) is 16.8. The van der Waals surface area contributed by atoms with Crippen molar-refractivity contribution in [1.82, 2.24) is 9.91 Å². The fourth-order valence-electron chi connectivity index (χ4n) is 1.74. The van der Waals surface area contributed by atoms with E-state index >= 15 is 0 Å². The van der Waals surface area contributed by atoms with Gasteiger partial charge in [-0.25, -0.2) is 10.2 Å². The van der Waals surface area contributed by atoms with Crippen LogP contribution in [0.25, 0.3) is 0 Å². The van der Waals surface area contributed by atoms with Gasteiger partial charge in [-0.1, -0.05) is 24.3 Å². The minimum atomic E-state index is -0.558. The number of anilines is 1. The number of nitrogens with zero attached hydrogens (tertiary/aromatic N) is 1. The Balaban J connectivity index is 1.94. The third kappa shape index (κ3) is 4.50. The number of hydrogen-bond acceptors (Lipinski definition) is 3. The first kappa shape index (κ1) is 14.9. The van der Waals surface area contributed by atoms with E-state index < -0.39 is 6.09 Å². The summed E-state index contributed by atoms with van der Waals surface area (Å²) in [5, 5.41) is 0. The van der Waals surface area contributed by atoms with Gasteiger partial charge in [-0.05, 0) is 24.3 Å². The van der Waals surface area contributed by atoms with E-state index in [1.807, 2.05) is 48.5 Å². The first-order chi connectivity index (χ1) is 9.95. The van der Waals surface area contributed by atoms with Crippen LogP contribution in [-0.2, 0) is 0 Å². The van der Waals surface area contributed by atoms with Crippen molar-refractivity contribution in [2.45, 2.75) is 0 Å². The van der Waals surface area contributed by atoms with E-state index in [2.05, 4.69) is 32.0 Å². The van der Waals surface area contributed by atoms with Gasteiger partial charge >= 0.3 is 6.09 Å². The van der Waals surface area contributed by atoms with Crippen LogP contribution in [0.5, 0.6) is 5.75 Å². The van der Waals surface area contributed by atoms with Crippen molar-refractivity contribution in [3.8, 4) is 5.75 Å². The largest absolute Gasteiger partial charge is 0.431 e. The minimum absolute atomic E-state index is 0.507. The molecule has 0 aliphatic heterocycles. The zero-order chi connectivity index (χ0) is 15.3. The molecule has 0 radical (unpaired) electrons. The van der Waals surface area contributed by atoms with Crippen molar-refractivity contribution in [3.63, 3.8) is 0 Å².